The molecule has 9 nitrogen and oxygen atoms in total. The van der Waals surface area contributed by atoms with E-state index in [9.17, 15) is 19.8 Å². The number of methoxy groups -OCH3 is 1. The minimum Gasteiger partial charge on any atom is -0.388 e. The number of aromatic nitrogens is 1. The van der Waals surface area contributed by atoms with Crippen LogP contribution in [0, 0.1) is 0 Å². The molecule has 0 spiro atoms. The lowest BCUT2D eigenvalue weighted by atomic mass is 10.0. The van der Waals surface area contributed by atoms with Gasteiger partial charge < -0.3 is 30.5 Å². The molecule has 0 aromatic carbocycles. The molecule has 0 aliphatic heterocycles. The summed E-state index contributed by atoms with van der Waals surface area (Å²) in [5.41, 5.74) is 0.244. The molecular formula is C15H26N4O5S. The van der Waals surface area contributed by atoms with Gasteiger partial charge in [0.15, 0.2) is 5.13 Å². The first-order valence-electron chi connectivity index (χ1n) is 7.79. The van der Waals surface area contributed by atoms with Crippen LogP contribution in [0.25, 0.3) is 0 Å². The van der Waals surface area contributed by atoms with Crippen molar-refractivity contribution in [3.8, 4) is 0 Å². The third kappa shape index (κ3) is 6.94. The van der Waals surface area contributed by atoms with Gasteiger partial charge >= 0.3 is 0 Å². The fourth-order valence-corrected chi connectivity index (χ4v) is 2.82. The Labute approximate surface area is 151 Å². The van der Waals surface area contributed by atoms with Crippen molar-refractivity contribution in [1.29, 1.82) is 0 Å². The number of aliphatic hydroxyl groups is 2. The van der Waals surface area contributed by atoms with Gasteiger partial charge in [0.1, 0.15) is 11.8 Å². The van der Waals surface area contributed by atoms with E-state index in [1.54, 1.807) is 10.3 Å². The largest absolute Gasteiger partial charge is 0.388 e. The van der Waals surface area contributed by atoms with Gasteiger partial charge in [0, 0.05) is 46.7 Å². The Balaban J connectivity index is 2.58. The molecule has 25 heavy (non-hydrogen) atoms. The predicted octanol–water partition coefficient (Wildman–Crippen LogP) is -0.798. The summed E-state index contributed by atoms with van der Waals surface area (Å²) in [6.45, 7) is 1.47. The van der Waals surface area contributed by atoms with Gasteiger partial charge in [-0.15, -0.1) is 11.3 Å². The highest BCUT2D eigenvalue weighted by Gasteiger charge is 2.27. The summed E-state index contributed by atoms with van der Waals surface area (Å²) in [6, 6.07) is -0.677. The third-order valence-corrected chi connectivity index (χ3v) is 4.42. The average Bonchev–Trinajstić information content (AvgIpc) is 3.05. The summed E-state index contributed by atoms with van der Waals surface area (Å²) >= 11 is 1.33. The van der Waals surface area contributed by atoms with Crippen molar-refractivity contribution in [2.45, 2.75) is 31.6 Å². The monoisotopic (exact) mass is 374 g/mol. The van der Waals surface area contributed by atoms with Crippen LogP contribution in [0.4, 0.5) is 5.13 Å². The summed E-state index contributed by atoms with van der Waals surface area (Å²) in [6.07, 6.45) is -2.16. The molecule has 0 saturated carbocycles. The van der Waals surface area contributed by atoms with Gasteiger partial charge in [0.25, 0.3) is 5.91 Å². The van der Waals surface area contributed by atoms with Crippen LogP contribution < -0.4 is 15.5 Å². The molecule has 0 radical (unpaired) electrons. The van der Waals surface area contributed by atoms with Crippen molar-refractivity contribution in [3.05, 3.63) is 11.1 Å². The highest BCUT2D eigenvalue weighted by molar-refractivity contribution is 7.13. The Morgan fingerprint density at radius 1 is 1.40 bits per heavy atom. The molecule has 0 aliphatic carbocycles. The maximum absolute atomic E-state index is 12.1. The van der Waals surface area contributed by atoms with E-state index in [0.29, 0.717) is 18.2 Å². The summed E-state index contributed by atoms with van der Waals surface area (Å²) in [7, 11) is 5.15. The second kappa shape index (κ2) is 10.3. The molecule has 0 aliphatic rings. The van der Waals surface area contributed by atoms with E-state index >= 15 is 0 Å². The molecule has 0 bridgehead atoms. The van der Waals surface area contributed by atoms with Crippen LogP contribution in [0.2, 0.25) is 0 Å². The lowest BCUT2D eigenvalue weighted by molar-refractivity contribution is -0.121. The Morgan fingerprint density at radius 3 is 2.60 bits per heavy atom. The van der Waals surface area contributed by atoms with Crippen molar-refractivity contribution < 1.29 is 24.5 Å². The number of anilines is 1. The van der Waals surface area contributed by atoms with E-state index in [1.807, 2.05) is 14.1 Å². The molecule has 0 fully saturated rings. The van der Waals surface area contributed by atoms with E-state index in [0.717, 1.165) is 0 Å². The zero-order valence-electron chi connectivity index (χ0n) is 14.9. The first-order chi connectivity index (χ1) is 11.8. The Hall–Kier alpha value is -1.75. The number of hydrogen-bond acceptors (Lipinski definition) is 8. The SMILES string of the molecule is COCCC(NC(C)=O)C(O)C(O)CNC(=O)c1csc(N(C)C)n1. The number of carbonyl (C=O) groups is 2. The number of nitrogens with zero attached hydrogens (tertiary/aromatic N) is 2. The molecule has 3 atom stereocenters. The zero-order valence-corrected chi connectivity index (χ0v) is 15.7. The lowest BCUT2D eigenvalue weighted by Gasteiger charge is -2.27. The van der Waals surface area contributed by atoms with Crippen molar-refractivity contribution >= 4 is 28.3 Å². The number of thiazole rings is 1. The lowest BCUT2D eigenvalue weighted by Crippen LogP contribution is -2.51. The molecule has 1 rings (SSSR count). The van der Waals surface area contributed by atoms with Crippen LogP contribution in [-0.4, -0.2) is 79.6 Å². The first-order valence-corrected chi connectivity index (χ1v) is 8.67. The minimum absolute atomic E-state index is 0.169. The van der Waals surface area contributed by atoms with Gasteiger partial charge in [-0.2, -0.15) is 0 Å². The van der Waals surface area contributed by atoms with Crippen LogP contribution in [-0.2, 0) is 9.53 Å². The van der Waals surface area contributed by atoms with Gasteiger partial charge in [-0.05, 0) is 6.42 Å². The normalized spacial score (nSPS) is 14.5. The number of nitrogens with one attached hydrogen (secondary N) is 2. The smallest absolute Gasteiger partial charge is 0.270 e. The molecule has 3 unspecified atom stereocenters. The van der Waals surface area contributed by atoms with Gasteiger partial charge in [0.05, 0.1) is 12.1 Å². The number of ether oxygens (including phenoxy) is 1. The second-order valence-electron chi connectivity index (χ2n) is 5.77. The number of rotatable bonds is 10. The molecule has 2 amide bonds. The number of aliphatic hydroxyl groups excluding tert-OH is 2. The summed E-state index contributed by atoms with van der Waals surface area (Å²) < 4.78 is 4.94. The Morgan fingerprint density at radius 2 is 2.08 bits per heavy atom. The highest BCUT2D eigenvalue weighted by atomic mass is 32.1. The van der Waals surface area contributed by atoms with Crippen LogP contribution >= 0.6 is 11.3 Å². The number of hydrogen-bond donors (Lipinski definition) is 4. The third-order valence-electron chi connectivity index (χ3n) is 3.41. The van der Waals surface area contributed by atoms with Gasteiger partial charge in [-0.1, -0.05) is 0 Å². The van der Waals surface area contributed by atoms with E-state index < -0.39 is 24.2 Å². The fourth-order valence-electron chi connectivity index (χ4n) is 2.08. The van der Waals surface area contributed by atoms with Gasteiger partial charge in [0.2, 0.25) is 5.91 Å². The summed E-state index contributed by atoms with van der Waals surface area (Å²) in [5, 5.41) is 27.7. The van der Waals surface area contributed by atoms with E-state index in [1.165, 1.54) is 25.4 Å². The maximum atomic E-state index is 12.1. The van der Waals surface area contributed by atoms with Crippen LogP contribution in [0.1, 0.15) is 23.8 Å². The van der Waals surface area contributed by atoms with Crippen molar-refractivity contribution in [2.75, 3.05) is 39.3 Å². The van der Waals surface area contributed by atoms with Gasteiger partial charge in [-0.3, -0.25) is 9.59 Å². The quantitative estimate of drug-likeness (QED) is 0.423. The van der Waals surface area contributed by atoms with Crippen LogP contribution in [0.15, 0.2) is 5.38 Å². The number of carbonyl (C=O) groups excluding carboxylic acids is 2. The van der Waals surface area contributed by atoms with E-state index in [4.69, 9.17) is 4.74 Å². The standard InChI is InChI=1S/C15H26N4O5S/c1-9(20)17-10(5-6-24-4)13(22)12(21)7-16-14(23)11-8-25-15(18-11)19(2)3/h8,10,12-13,21-22H,5-7H2,1-4H3,(H,16,23)(H,17,20). The fraction of sp³-hybridized carbons (Fsp3) is 0.667. The van der Waals surface area contributed by atoms with Crippen molar-refractivity contribution in [1.82, 2.24) is 15.6 Å². The average molecular weight is 374 g/mol. The molecule has 1 heterocycles. The van der Waals surface area contributed by atoms with Crippen molar-refractivity contribution in [2.24, 2.45) is 0 Å². The van der Waals surface area contributed by atoms with Crippen molar-refractivity contribution in [3.63, 3.8) is 0 Å². The minimum atomic E-state index is -1.25. The van der Waals surface area contributed by atoms with E-state index in [-0.39, 0.29) is 18.1 Å². The maximum Gasteiger partial charge on any atom is 0.270 e. The molecular weight excluding hydrogens is 348 g/mol. The summed E-state index contributed by atoms with van der Waals surface area (Å²) in [5.74, 6) is -0.765. The van der Waals surface area contributed by atoms with Gasteiger partial charge in [-0.25, -0.2) is 4.98 Å². The Kier molecular flexibility index (Phi) is 8.76. The molecule has 1 aromatic rings. The molecule has 10 heteroatoms. The van der Waals surface area contributed by atoms with Crippen LogP contribution in [0.3, 0.4) is 0 Å². The second-order valence-corrected chi connectivity index (χ2v) is 6.60. The molecule has 1 aromatic heterocycles. The zero-order chi connectivity index (χ0) is 19.0. The highest BCUT2D eigenvalue weighted by Crippen LogP contribution is 2.17. The predicted molar refractivity (Wildman–Crippen MR) is 94.9 cm³/mol. The molecule has 142 valence electrons. The first kappa shape index (κ1) is 21.3. The molecule has 0 saturated heterocycles. The van der Waals surface area contributed by atoms with Crippen LogP contribution in [0.5, 0.6) is 0 Å². The Bertz CT molecular complexity index is 566. The number of amides is 2. The van der Waals surface area contributed by atoms with E-state index in [2.05, 4.69) is 15.6 Å². The topological polar surface area (TPSA) is 124 Å². The molecule has 4 N–H and O–H groups in total. The summed E-state index contributed by atoms with van der Waals surface area (Å²) in [4.78, 5) is 29.2.